The van der Waals surface area contributed by atoms with Crippen LogP contribution in [0, 0.1) is 0 Å². The maximum Gasteiger partial charge on any atom is 0.227 e. The largest absolute Gasteiger partial charge is 0.311 e. The molecule has 118 valence electrons. The molecule has 1 unspecified atom stereocenters. The predicted octanol–water partition coefficient (Wildman–Crippen LogP) is 4.64. The summed E-state index contributed by atoms with van der Waals surface area (Å²) >= 11 is 1.87. The molecule has 1 aliphatic heterocycles. The molecule has 3 heteroatoms. The van der Waals surface area contributed by atoms with Crippen molar-refractivity contribution in [2.45, 2.75) is 36.5 Å². The first kappa shape index (κ1) is 14.8. The van der Waals surface area contributed by atoms with Crippen molar-refractivity contribution in [2.24, 2.45) is 0 Å². The zero-order valence-electron chi connectivity index (χ0n) is 13.2. The number of para-hydroxylation sites is 1. The van der Waals surface area contributed by atoms with Crippen molar-refractivity contribution in [3.8, 4) is 0 Å². The molecule has 1 heterocycles. The first-order valence-electron chi connectivity index (χ1n) is 8.43. The normalized spacial score (nSPS) is 19.8. The van der Waals surface area contributed by atoms with Gasteiger partial charge < -0.3 is 4.90 Å². The molecule has 1 atom stereocenters. The second-order valence-corrected chi connectivity index (χ2v) is 7.49. The number of nitrogens with zero attached hydrogens (tertiary/aromatic N) is 1. The smallest absolute Gasteiger partial charge is 0.227 e. The molecule has 23 heavy (non-hydrogen) atoms. The first-order valence-corrected chi connectivity index (χ1v) is 9.41. The number of aryl methyl sites for hydroxylation is 1. The van der Waals surface area contributed by atoms with Gasteiger partial charge in [-0.1, -0.05) is 36.4 Å². The van der Waals surface area contributed by atoms with Crippen molar-refractivity contribution >= 4 is 23.4 Å². The molecule has 0 aromatic heterocycles. The number of thioether (sulfide) groups is 1. The number of carbonyl (C=O) groups is 1. The molecule has 1 amide bonds. The molecule has 0 saturated carbocycles. The first-order chi connectivity index (χ1) is 11.3. The fraction of sp³-hybridized carbons (Fsp3) is 0.350. The fourth-order valence-corrected chi connectivity index (χ4v) is 4.76. The molecule has 2 nitrogen and oxygen atoms in total. The van der Waals surface area contributed by atoms with Crippen LogP contribution in [0.1, 0.15) is 36.3 Å². The van der Waals surface area contributed by atoms with Crippen LogP contribution in [-0.4, -0.2) is 18.2 Å². The van der Waals surface area contributed by atoms with E-state index in [9.17, 15) is 4.79 Å². The van der Waals surface area contributed by atoms with E-state index in [-0.39, 0.29) is 5.91 Å². The lowest BCUT2D eigenvalue weighted by Gasteiger charge is -2.24. The number of hydrogen-bond acceptors (Lipinski definition) is 2. The number of hydrogen-bond donors (Lipinski definition) is 0. The molecule has 0 fully saturated rings. The summed E-state index contributed by atoms with van der Waals surface area (Å²) in [5, 5.41) is 0. The molecule has 2 aromatic rings. The quantitative estimate of drug-likeness (QED) is 0.803. The summed E-state index contributed by atoms with van der Waals surface area (Å²) in [6.45, 7) is 0.844. The zero-order valence-corrected chi connectivity index (χ0v) is 14.0. The van der Waals surface area contributed by atoms with E-state index in [2.05, 4.69) is 42.5 Å². The molecule has 4 rings (SSSR count). The van der Waals surface area contributed by atoms with E-state index in [0.717, 1.165) is 37.2 Å². The van der Waals surface area contributed by atoms with Crippen LogP contribution >= 0.6 is 11.8 Å². The van der Waals surface area contributed by atoms with Crippen molar-refractivity contribution in [3.05, 3.63) is 59.7 Å². The van der Waals surface area contributed by atoms with Gasteiger partial charge in [0.25, 0.3) is 0 Å². The Bertz CT molecular complexity index is 727. The van der Waals surface area contributed by atoms with E-state index < -0.39 is 0 Å². The lowest BCUT2D eigenvalue weighted by molar-refractivity contribution is -0.119. The third-order valence-electron chi connectivity index (χ3n) is 4.92. The Morgan fingerprint density at radius 3 is 2.91 bits per heavy atom. The van der Waals surface area contributed by atoms with Crippen LogP contribution < -0.4 is 4.90 Å². The minimum absolute atomic E-state index is 0.279. The van der Waals surface area contributed by atoms with E-state index in [1.54, 1.807) is 0 Å². The summed E-state index contributed by atoms with van der Waals surface area (Å²) in [6.07, 6.45) is 3.91. The van der Waals surface area contributed by atoms with E-state index >= 15 is 0 Å². The van der Waals surface area contributed by atoms with Gasteiger partial charge in [0.05, 0.1) is 5.69 Å². The maximum absolute atomic E-state index is 13.0. The summed E-state index contributed by atoms with van der Waals surface area (Å²) in [6, 6.07) is 16.9. The van der Waals surface area contributed by atoms with Crippen LogP contribution in [0.2, 0.25) is 0 Å². The van der Waals surface area contributed by atoms with Crippen LogP contribution in [0.3, 0.4) is 0 Å². The van der Waals surface area contributed by atoms with Crippen molar-refractivity contribution < 1.29 is 4.79 Å². The van der Waals surface area contributed by atoms with Gasteiger partial charge in [0, 0.05) is 17.9 Å². The van der Waals surface area contributed by atoms with Gasteiger partial charge in [-0.25, -0.2) is 0 Å². The summed E-state index contributed by atoms with van der Waals surface area (Å²) in [4.78, 5) is 16.3. The Labute approximate surface area is 141 Å². The van der Waals surface area contributed by atoms with Crippen molar-refractivity contribution in [2.75, 3.05) is 17.2 Å². The average molecular weight is 323 g/mol. The molecular formula is C20H21NOS. The maximum atomic E-state index is 13.0. The van der Waals surface area contributed by atoms with Crippen LogP contribution in [0.5, 0.6) is 0 Å². The average Bonchev–Trinajstić information content (AvgIpc) is 2.86. The van der Waals surface area contributed by atoms with Crippen LogP contribution in [-0.2, 0) is 11.2 Å². The summed E-state index contributed by atoms with van der Waals surface area (Å²) in [5.41, 5.74) is 3.92. The van der Waals surface area contributed by atoms with E-state index in [4.69, 9.17) is 0 Å². The Morgan fingerprint density at radius 1 is 1.13 bits per heavy atom. The predicted molar refractivity (Wildman–Crippen MR) is 96.3 cm³/mol. The molecule has 0 N–H and O–H groups in total. The highest BCUT2D eigenvalue weighted by atomic mass is 32.2. The lowest BCUT2D eigenvalue weighted by Crippen LogP contribution is -2.32. The van der Waals surface area contributed by atoms with Gasteiger partial charge in [-0.3, -0.25) is 4.79 Å². The number of carbonyl (C=O) groups excluding carboxylic acids is 1. The standard InChI is InChI=1S/C20H21NOS/c22-20(14-16-11-10-15-6-1-2-7-17(15)16)21-12-5-13-23-19-9-4-3-8-18(19)21/h1-4,6-9,16H,5,10-14H2. The highest BCUT2D eigenvalue weighted by Gasteiger charge is 2.28. The van der Waals surface area contributed by atoms with Crippen molar-refractivity contribution in [3.63, 3.8) is 0 Å². The lowest BCUT2D eigenvalue weighted by atomic mass is 9.97. The van der Waals surface area contributed by atoms with Gasteiger partial charge in [-0.15, -0.1) is 11.8 Å². The molecule has 2 aliphatic rings. The van der Waals surface area contributed by atoms with Gasteiger partial charge in [-0.05, 0) is 54.2 Å². The van der Waals surface area contributed by atoms with Gasteiger partial charge in [0.15, 0.2) is 0 Å². The highest BCUT2D eigenvalue weighted by molar-refractivity contribution is 7.99. The Hall–Kier alpha value is -1.74. The number of benzene rings is 2. The van der Waals surface area contributed by atoms with Crippen molar-refractivity contribution in [1.29, 1.82) is 0 Å². The third-order valence-corrected chi connectivity index (χ3v) is 6.07. The molecule has 0 spiro atoms. The minimum Gasteiger partial charge on any atom is -0.311 e. The number of fused-ring (bicyclic) bond motifs is 2. The Balaban J connectivity index is 1.56. The fourth-order valence-electron chi connectivity index (χ4n) is 3.76. The third kappa shape index (κ3) is 2.90. The van der Waals surface area contributed by atoms with Gasteiger partial charge in [0.1, 0.15) is 0 Å². The number of rotatable bonds is 2. The molecule has 1 aliphatic carbocycles. The SMILES string of the molecule is O=C(CC1CCc2ccccc21)N1CCCSc2ccccc21. The van der Waals surface area contributed by atoms with Crippen LogP contribution in [0.15, 0.2) is 53.4 Å². The molecular weight excluding hydrogens is 302 g/mol. The van der Waals surface area contributed by atoms with E-state index in [0.29, 0.717) is 12.3 Å². The molecule has 0 bridgehead atoms. The monoisotopic (exact) mass is 323 g/mol. The van der Waals surface area contributed by atoms with Crippen molar-refractivity contribution in [1.82, 2.24) is 0 Å². The Kier molecular flexibility index (Phi) is 4.13. The number of amides is 1. The molecule has 2 aromatic carbocycles. The van der Waals surface area contributed by atoms with Gasteiger partial charge >= 0.3 is 0 Å². The summed E-state index contributed by atoms with van der Waals surface area (Å²) < 4.78 is 0. The van der Waals surface area contributed by atoms with Gasteiger partial charge in [-0.2, -0.15) is 0 Å². The zero-order chi connectivity index (χ0) is 15.6. The number of anilines is 1. The second kappa shape index (κ2) is 6.40. The van der Waals surface area contributed by atoms with E-state index in [1.165, 1.54) is 16.0 Å². The minimum atomic E-state index is 0.279. The molecule has 0 saturated heterocycles. The van der Waals surface area contributed by atoms with E-state index in [1.807, 2.05) is 22.7 Å². The van der Waals surface area contributed by atoms with Gasteiger partial charge in [0.2, 0.25) is 5.91 Å². The van der Waals surface area contributed by atoms with Crippen LogP contribution in [0.25, 0.3) is 0 Å². The summed E-state index contributed by atoms with van der Waals surface area (Å²) in [5.74, 6) is 1.76. The van der Waals surface area contributed by atoms with Crippen LogP contribution in [0.4, 0.5) is 5.69 Å². The summed E-state index contributed by atoms with van der Waals surface area (Å²) in [7, 11) is 0. The molecule has 0 radical (unpaired) electrons. The highest BCUT2D eigenvalue weighted by Crippen LogP contribution is 2.38. The Morgan fingerprint density at radius 2 is 1.96 bits per heavy atom. The second-order valence-electron chi connectivity index (χ2n) is 6.35. The topological polar surface area (TPSA) is 20.3 Å².